The molecule has 0 aromatic carbocycles. The smallest absolute Gasteiger partial charge is 0.0640 e. The second-order valence-corrected chi connectivity index (χ2v) is 4.61. The molecule has 0 fully saturated rings. The summed E-state index contributed by atoms with van der Waals surface area (Å²) in [5.41, 5.74) is 1.18. The number of aliphatic hydroxyl groups excluding tert-OH is 1. The van der Waals surface area contributed by atoms with Gasteiger partial charge in [0, 0.05) is 24.3 Å². The summed E-state index contributed by atoms with van der Waals surface area (Å²) in [5.74, 6) is 0. The van der Waals surface area contributed by atoms with Crippen LogP contribution < -0.4 is 5.32 Å². The van der Waals surface area contributed by atoms with Crippen molar-refractivity contribution in [2.75, 3.05) is 6.61 Å². The van der Waals surface area contributed by atoms with Crippen LogP contribution in [0.25, 0.3) is 0 Å². The molecule has 1 atom stereocenters. The fourth-order valence-corrected chi connectivity index (χ4v) is 1.82. The molecule has 0 aliphatic rings. The molecule has 1 heterocycles. The van der Waals surface area contributed by atoms with Crippen LogP contribution in [0.1, 0.15) is 45.1 Å². The summed E-state index contributed by atoms with van der Waals surface area (Å²) in [6.45, 7) is 6.04. The topological polar surface area (TPSA) is 50.1 Å². The van der Waals surface area contributed by atoms with E-state index < -0.39 is 0 Å². The van der Waals surface area contributed by atoms with Crippen LogP contribution in [0.3, 0.4) is 0 Å². The molecular formula is C13H25N3O. The fraction of sp³-hybridized carbons (Fsp3) is 0.769. The maximum absolute atomic E-state index is 8.79. The lowest BCUT2D eigenvalue weighted by molar-refractivity contribution is 0.269. The van der Waals surface area contributed by atoms with Crippen molar-refractivity contribution >= 4 is 0 Å². The van der Waals surface area contributed by atoms with E-state index in [1.165, 1.54) is 31.2 Å². The maximum atomic E-state index is 8.79. The highest BCUT2D eigenvalue weighted by atomic mass is 16.3. The van der Waals surface area contributed by atoms with Crippen LogP contribution in [0.5, 0.6) is 0 Å². The third kappa shape index (κ3) is 5.84. The third-order valence-electron chi connectivity index (χ3n) is 2.91. The van der Waals surface area contributed by atoms with Crippen molar-refractivity contribution in [1.82, 2.24) is 15.1 Å². The largest absolute Gasteiger partial charge is 0.394 e. The van der Waals surface area contributed by atoms with Crippen molar-refractivity contribution in [1.29, 1.82) is 0 Å². The Bertz CT molecular complexity index is 299. The molecule has 0 amide bonds. The molecule has 1 aromatic heterocycles. The fourth-order valence-electron chi connectivity index (χ4n) is 1.82. The normalized spacial score (nSPS) is 12.9. The predicted octanol–water partition coefficient (Wildman–Crippen LogP) is 1.93. The summed E-state index contributed by atoms with van der Waals surface area (Å²) in [7, 11) is 0. The van der Waals surface area contributed by atoms with Gasteiger partial charge in [-0.2, -0.15) is 5.10 Å². The Kier molecular flexibility index (Phi) is 6.89. The number of unbranched alkanes of at least 4 members (excludes halogenated alkanes) is 2. The molecule has 0 aliphatic heterocycles. The first-order valence-corrected chi connectivity index (χ1v) is 6.61. The molecule has 0 bridgehead atoms. The van der Waals surface area contributed by atoms with Gasteiger partial charge in [0.05, 0.1) is 19.3 Å². The van der Waals surface area contributed by atoms with Crippen molar-refractivity contribution in [2.24, 2.45) is 0 Å². The number of aliphatic hydroxyl groups is 1. The zero-order chi connectivity index (χ0) is 12.5. The van der Waals surface area contributed by atoms with Gasteiger partial charge in [0.25, 0.3) is 0 Å². The minimum absolute atomic E-state index is 0.141. The molecule has 0 spiro atoms. The number of nitrogens with one attached hydrogen (secondary N) is 1. The average Bonchev–Trinajstić information content (AvgIpc) is 2.75. The van der Waals surface area contributed by atoms with E-state index in [0.717, 1.165) is 6.54 Å². The molecule has 1 rings (SSSR count). The van der Waals surface area contributed by atoms with E-state index in [4.69, 9.17) is 5.11 Å². The van der Waals surface area contributed by atoms with Gasteiger partial charge in [-0.25, -0.2) is 0 Å². The van der Waals surface area contributed by atoms with Crippen LogP contribution in [0.4, 0.5) is 0 Å². The van der Waals surface area contributed by atoms with E-state index in [0.29, 0.717) is 12.6 Å². The van der Waals surface area contributed by atoms with Crippen LogP contribution in [0, 0.1) is 0 Å². The molecule has 17 heavy (non-hydrogen) atoms. The first-order chi connectivity index (χ1) is 8.26. The van der Waals surface area contributed by atoms with Gasteiger partial charge in [0.2, 0.25) is 0 Å². The Morgan fingerprint density at radius 3 is 3.00 bits per heavy atom. The Hall–Kier alpha value is -0.870. The Labute approximate surface area is 104 Å². The van der Waals surface area contributed by atoms with Crippen molar-refractivity contribution < 1.29 is 5.11 Å². The van der Waals surface area contributed by atoms with E-state index in [1.54, 1.807) is 4.68 Å². The highest BCUT2D eigenvalue weighted by Crippen LogP contribution is 2.04. The Morgan fingerprint density at radius 2 is 2.29 bits per heavy atom. The van der Waals surface area contributed by atoms with Crippen LogP contribution in [-0.4, -0.2) is 27.5 Å². The van der Waals surface area contributed by atoms with Crippen LogP contribution >= 0.6 is 0 Å². The zero-order valence-electron chi connectivity index (χ0n) is 11.0. The van der Waals surface area contributed by atoms with Crippen LogP contribution in [0.15, 0.2) is 12.4 Å². The Morgan fingerprint density at radius 1 is 1.47 bits per heavy atom. The van der Waals surface area contributed by atoms with Crippen LogP contribution in [0.2, 0.25) is 0 Å². The van der Waals surface area contributed by atoms with Gasteiger partial charge in [-0.3, -0.25) is 4.68 Å². The summed E-state index contributed by atoms with van der Waals surface area (Å²) in [6, 6.07) is 0.558. The van der Waals surface area contributed by atoms with Gasteiger partial charge >= 0.3 is 0 Å². The summed E-state index contributed by atoms with van der Waals surface area (Å²) >= 11 is 0. The molecule has 1 unspecified atom stereocenters. The Balaban J connectivity index is 2.19. The highest BCUT2D eigenvalue weighted by Gasteiger charge is 2.02. The van der Waals surface area contributed by atoms with E-state index in [9.17, 15) is 0 Å². The van der Waals surface area contributed by atoms with Crippen molar-refractivity contribution in [3.05, 3.63) is 18.0 Å². The van der Waals surface area contributed by atoms with Gasteiger partial charge in [-0.1, -0.05) is 26.2 Å². The van der Waals surface area contributed by atoms with E-state index in [2.05, 4.69) is 24.3 Å². The molecule has 0 saturated carbocycles. The summed E-state index contributed by atoms with van der Waals surface area (Å²) in [5, 5.41) is 16.5. The van der Waals surface area contributed by atoms with Gasteiger partial charge in [-0.15, -0.1) is 0 Å². The molecule has 0 radical (unpaired) electrons. The standard InChI is InChI=1S/C13H25N3O/c1-3-4-5-6-12(2)14-9-13-10-15-16(11-13)7-8-17/h10-12,14,17H,3-9H2,1-2H3. The summed E-state index contributed by atoms with van der Waals surface area (Å²) in [6.07, 6.45) is 8.98. The lowest BCUT2D eigenvalue weighted by atomic mass is 10.1. The molecule has 1 aromatic rings. The summed E-state index contributed by atoms with van der Waals surface area (Å²) < 4.78 is 1.78. The highest BCUT2D eigenvalue weighted by molar-refractivity contribution is 5.03. The third-order valence-corrected chi connectivity index (χ3v) is 2.91. The lowest BCUT2D eigenvalue weighted by Crippen LogP contribution is -2.25. The molecule has 2 N–H and O–H groups in total. The van der Waals surface area contributed by atoms with E-state index in [1.807, 2.05) is 12.4 Å². The molecule has 4 heteroatoms. The number of hydrogen-bond donors (Lipinski definition) is 2. The van der Waals surface area contributed by atoms with Gasteiger partial charge in [0.15, 0.2) is 0 Å². The second-order valence-electron chi connectivity index (χ2n) is 4.61. The summed E-state index contributed by atoms with van der Waals surface area (Å²) in [4.78, 5) is 0. The predicted molar refractivity (Wildman–Crippen MR) is 69.8 cm³/mol. The van der Waals surface area contributed by atoms with Crippen LogP contribution in [-0.2, 0) is 13.1 Å². The molecule has 4 nitrogen and oxygen atoms in total. The molecule has 0 aliphatic carbocycles. The SMILES string of the molecule is CCCCCC(C)NCc1cnn(CCO)c1. The van der Waals surface area contributed by atoms with Gasteiger partial charge in [0.1, 0.15) is 0 Å². The van der Waals surface area contributed by atoms with Crippen molar-refractivity contribution in [3.8, 4) is 0 Å². The first-order valence-electron chi connectivity index (χ1n) is 6.61. The monoisotopic (exact) mass is 239 g/mol. The average molecular weight is 239 g/mol. The quantitative estimate of drug-likeness (QED) is 0.647. The zero-order valence-corrected chi connectivity index (χ0v) is 11.0. The number of rotatable bonds is 9. The minimum Gasteiger partial charge on any atom is -0.394 e. The van der Waals surface area contributed by atoms with Crippen molar-refractivity contribution in [3.63, 3.8) is 0 Å². The maximum Gasteiger partial charge on any atom is 0.0640 e. The number of nitrogens with zero attached hydrogens (tertiary/aromatic N) is 2. The van der Waals surface area contributed by atoms with Gasteiger partial charge in [-0.05, 0) is 13.3 Å². The molecule has 98 valence electrons. The molecule has 0 saturated heterocycles. The van der Waals surface area contributed by atoms with E-state index in [-0.39, 0.29) is 6.61 Å². The second kappa shape index (κ2) is 8.25. The number of hydrogen-bond acceptors (Lipinski definition) is 3. The first kappa shape index (κ1) is 14.2. The van der Waals surface area contributed by atoms with Gasteiger partial charge < -0.3 is 10.4 Å². The van der Waals surface area contributed by atoms with Crippen molar-refractivity contribution in [2.45, 2.75) is 58.7 Å². The van der Waals surface area contributed by atoms with E-state index >= 15 is 0 Å². The number of aromatic nitrogens is 2. The minimum atomic E-state index is 0.141. The molecular weight excluding hydrogens is 214 g/mol. The lowest BCUT2D eigenvalue weighted by Gasteiger charge is -2.12.